The van der Waals surface area contributed by atoms with Gasteiger partial charge in [-0.1, -0.05) is 25.1 Å². The molecule has 1 aromatic carbocycles. The van der Waals surface area contributed by atoms with E-state index in [1.165, 1.54) is 5.56 Å². The summed E-state index contributed by atoms with van der Waals surface area (Å²) in [5.74, 6) is 1.97. The first-order chi connectivity index (χ1) is 13.1. The van der Waals surface area contributed by atoms with Crippen LogP contribution >= 0.6 is 0 Å². The van der Waals surface area contributed by atoms with Gasteiger partial charge in [-0.15, -0.1) is 0 Å². The van der Waals surface area contributed by atoms with Gasteiger partial charge in [0.25, 0.3) is 0 Å². The van der Waals surface area contributed by atoms with Gasteiger partial charge in [0, 0.05) is 38.6 Å². The van der Waals surface area contributed by atoms with E-state index in [-0.39, 0.29) is 12.0 Å². The molecule has 0 radical (unpaired) electrons. The molecule has 27 heavy (non-hydrogen) atoms. The van der Waals surface area contributed by atoms with Gasteiger partial charge in [-0.3, -0.25) is 4.99 Å². The first-order valence-electron chi connectivity index (χ1n) is 9.60. The predicted molar refractivity (Wildman–Crippen MR) is 108 cm³/mol. The Morgan fingerprint density at radius 2 is 2.04 bits per heavy atom. The molecule has 1 aliphatic heterocycles. The minimum atomic E-state index is -0.218. The number of para-hydroxylation sites is 1. The molecule has 0 bridgehead atoms. The zero-order valence-electron chi connectivity index (χ0n) is 16.8. The van der Waals surface area contributed by atoms with Crippen molar-refractivity contribution in [2.24, 2.45) is 4.99 Å². The van der Waals surface area contributed by atoms with Gasteiger partial charge in [-0.2, -0.15) is 0 Å². The van der Waals surface area contributed by atoms with Crippen LogP contribution in [0.25, 0.3) is 0 Å². The maximum atomic E-state index is 11.8. The number of piperidine rings is 1. The molecular weight excluding hydrogens is 344 g/mol. The van der Waals surface area contributed by atoms with Crippen molar-refractivity contribution in [2.45, 2.75) is 38.6 Å². The van der Waals surface area contributed by atoms with E-state index in [0.717, 1.165) is 31.1 Å². The van der Waals surface area contributed by atoms with E-state index < -0.39 is 0 Å². The third-order valence-electron chi connectivity index (χ3n) is 4.83. The molecule has 0 aliphatic carbocycles. The van der Waals surface area contributed by atoms with Gasteiger partial charge in [0.2, 0.25) is 0 Å². The van der Waals surface area contributed by atoms with E-state index in [0.29, 0.717) is 25.7 Å². The molecule has 1 fully saturated rings. The first kappa shape index (κ1) is 20.9. The summed E-state index contributed by atoms with van der Waals surface area (Å²) in [7, 11) is 3.47. The van der Waals surface area contributed by atoms with Crippen molar-refractivity contribution in [3.05, 3.63) is 29.8 Å². The molecule has 1 heterocycles. The highest BCUT2D eigenvalue weighted by molar-refractivity contribution is 5.80. The second-order valence-electron chi connectivity index (χ2n) is 6.70. The molecule has 0 aromatic heterocycles. The minimum Gasteiger partial charge on any atom is -0.496 e. The van der Waals surface area contributed by atoms with Crippen LogP contribution in [0.15, 0.2) is 29.3 Å². The normalized spacial score (nSPS) is 16.6. The Balaban J connectivity index is 1.80. The first-order valence-corrected chi connectivity index (χ1v) is 9.60. The van der Waals surface area contributed by atoms with Gasteiger partial charge in [0.15, 0.2) is 5.96 Å². The average Bonchev–Trinajstić information content (AvgIpc) is 2.71. The Morgan fingerprint density at radius 1 is 1.33 bits per heavy atom. The van der Waals surface area contributed by atoms with Crippen molar-refractivity contribution >= 4 is 12.1 Å². The molecule has 1 amide bonds. The largest absolute Gasteiger partial charge is 0.496 e. The van der Waals surface area contributed by atoms with Crippen LogP contribution in [0.4, 0.5) is 4.79 Å². The summed E-state index contributed by atoms with van der Waals surface area (Å²) >= 11 is 0. The highest BCUT2D eigenvalue weighted by Crippen LogP contribution is 2.25. The Labute approximate surface area is 162 Å². The summed E-state index contributed by atoms with van der Waals surface area (Å²) in [6.45, 7) is 6.56. The quantitative estimate of drug-likeness (QED) is 0.590. The fraction of sp³-hybridized carbons (Fsp3) is 0.600. The predicted octanol–water partition coefficient (Wildman–Crippen LogP) is 2.58. The van der Waals surface area contributed by atoms with Crippen LogP contribution in [0.2, 0.25) is 0 Å². The summed E-state index contributed by atoms with van der Waals surface area (Å²) in [6, 6.07) is 8.37. The number of amides is 1. The minimum absolute atomic E-state index is 0.218. The Morgan fingerprint density at radius 3 is 2.67 bits per heavy atom. The topological polar surface area (TPSA) is 75.2 Å². The van der Waals surface area contributed by atoms with Gasteiger partial charge in [-0.05, 0) is 31.4 Å². The van der Waals surface area contributed by atoms with Crippen molar-refractivity contribution in [3.63, 3.8) is 0 Å². The number of carbonyl (C=O) groups excluding carboxylic acids is 1. The highest BCUT2D eigenvalue weighted by atomic mass is 16.6. The molecule has 0 saturated carbocycles. The number of nitrogens with one attached hydrogen (secondary N) is 2. The van der Waals surface area contributed by atoms with Gasteiger partial charge < -0.3 is 25.0 Å². The van der Waals surface area contributed by atoms with Crippen LogP contribution in [0, 0.1) is 0 Å². The maximum Gasteiger partial charge on any atom is 0.409 e. The van der Waals surface area contributed by atoms with E-state index in [1.54, 1.807) is 19.1 Å². The molecule has 150 valence electrons. The van der Waals surface area contributed by atoms with Crippen molar-refractivity contribution < 1.29 is 14.3 Å². The summed E-state index contributed by atoms with van der Waals surface area (Å²) in [6.07, 6.45) is 1.53. The summed E-state index contributed by atoms with van der Waals surface area (Å²) in [5.41, 5.74) is 1.17. The number of hydrogen-bond donors (Lipinski definition) is 2. The smallest absolute Gasteiger partial charge is 0.409 e. The second-order valence-corrected chi connectivity index (χ2v) is 6.70. The number of guanidine groups is 1. The van der Waals surface area contributed by atoms with E-state index in [2.05, 4.69) is 28.6 Å². The maximum absolute atomic E-state index is 11.8. The van der Waals surface area contributed by atoms with Gasteiger partial charge in [0.05, 0.1) is 13.7 Å². The van der Waals surface area contributed by atoms with Crippen LogP contribution in [0.5, 0.6) is 5.75 Å². The lowest BCUT2D eigenvalue weighted by Gasteiger charge is -2.32. The lowest BCUT2D eigenvalue weighted by atomic mass is 10.00. The molecule has 1 aromatic rings. The molecule has 7 heteroatoms. The third-order valence-corrected chi connectivity index (χ3v) is 4.83. The standard InChI is InChI=1S/C20H32N4O3/c1-5-27-20(25)24-12-10-16(11-13-24)23-19(21-3)22-14-15(2)17-8-6-7-9-18(17)26-4/h6-9,15-16H,5,10-14H2,1-4H3,(H2,21,22,23). The Kier molecular flexibility index (Phi) is 8.23. The number of rotatable bonds is 6. The number of ether oxygens (including phenoxy) is 2. The fourth-order valence-corrected chi connectivity index (χ4v) is 3.24. The SMILES string of the molecule is CCOC(=O)N1CCC(NC(=NC)NCC(C)c2ccccc2OC)CC1. The molecule has 7 nitrogen and oxygen atoms in total. The van der Waals surface area contributed by atoms with Crippen molar-refractivity contribution in [1.29, 1.82) is 0 Å². The van der Waals surface area contributed by atoms with Crippen LogP contribution in [0.3, 0.4) is 0 Å². The highest BCUT2D eigenvalue weighted by Gasteiger charge is 2.24. The number of nitrogens with zero attached hydrogens (tertiary/aromatic N) is 2. The fourth-order valence-electron chi connectivity index (χ4n) is 3.24. The van der Waals surface area contributed by atoms with Crippen molar-refractivity contribution in [2.75, 3.05) is 40.4 Å². The molecular formula is C20H32N4O3. The lowest BCUT2D eigenvalue weighted by Crippen LogP contribution is -2.50. The molecule has 1 unspecified atom stereocenters. The van der Waals surface area contributed by atoms with Crippen LogP contribution in [-0.4, -0.2) is 63.4 Å². The van der Waals surface area contributed by atoms with Crippen molar-refractivity contribution in [1.82, 2.24) is 15.5 Å². The van der Waals surface area contributed by atoms with E-state index in [4.69, 9.17) is 9.47 Å². The van der Waals surface area contributed by atoms with Crippen LogP contribution in [0.1, 0.15) is 38.2 Å². The number of benzene rings is 1. The zero-order valence-corrected chi connectivity index (χ0v) is 16.8. The van der Waals surface area contributed by atoms with Gasteiger partial charge in [0.1, 0.15) is 5.75 Å². The number of carbonyl (C=O) groups is 1. The molecule has 2 rings (SSSR count). The second kappa shape index (κ2) is 10.6. The molecule has 1 saturated heterocycles. The molecule has 2 N–H and O–H groups in total. The van der Waals surface area contributed by atoms with Gasteiger partial charge >= 0.3 is 6.09 Å². The van der Waals surface area contributed by atoms with E-state index in [9.17, 15) is 4.79 Å². The molecule has 1 atom stereocenters. The zero-order chi connectivity index (χ0) is 19.6. The van der Waals surface area contributed by atoms with E-state index >= 15 is 0 Å². The number of hydrogen-bond acceptors (Lipinski definition) is 4. The van der Waals surface area contributed by atoms with Crippen molar-refractivity contribution in [3.8, 4) is 5.75 Å². The van der Waals surface area contributed by atoms with Crippen LogP contribution < -0.4 is 15.4 Å². The number of aliphatic imine (C=N–C) groups is 1. The van der Waals surface area contributed by atoms with Gasteiger partial charge in [-0.25, -0.2) is 4.79 Å². The number of likely N-dealkylation sites (tertiary alicyclic amines) is 1. The average molecular weight is 377 g/mol. The summed E-state index contributed by atoms with van der Waals surface area (Å²) in [5, 5.41) is 6.86. The van der Waals surface area contributed by atoms with Crippen LogP contribution in [-0.2, 0) is 4.74 Å². The lowest BCUT2D eigenvalue weighted by molar-refractivity contribution is 0.0963. The summed E-state index contributed by atoms with van der Waals surface area (Å²) in [4.78, 5) is 17.9. The Bertz CT molecular complexity index is 627. The number of methoxy groups -OCH3 is 1. The monoisotopic (exact) mass is 376 g/mol. The molecule has 0 spiro atoms. The van der Waals surface area contributed by atoms with E-state index in [1.807, 2.05) is 25.1 Å². The third kappa shape index (κ3) is 6.05. The molecule has 1 aliphatic rings. The summed E-state index contributed by atoms with van der Waals surface area (Å²) < 4.78 is 10.5. The Hall–Kier alpha value is -2.44.